The predicted molar refractivity (Wildman–Crippen MR) is 74.3 cm³/mol. The van der Waals surface area contributed by atoms with Crippen LogP contribution < -0.4 is 0 Å². The van der Waals surface area contributed by atoms with Crippen LogP contribution in [0, 0.1) is 5.92 Å². The molecule has 0 aromatic rings. The fourth-order valence-corrected chi connectivity index (χ4v) is 3.56. The van der Waals surface area contributed by atoms with Crippen LogP contribution in [0.2, 0.25) is 0 Å². The largest absolute Gasteiger partial charge is 0.295 e. The quantitative estimate of drug-likeness (QED) is 0.730. The monoisotopic (exact) mass is 238 g/mol. The van der Waals surface area contributed by atoms with Crippen molar-refractivity contribution in [3.8, 4) is 0 Å². The Morgan fingerprint density at radius 3 is 1.94 bits per heavy atom. The Hall–Kier alpha value is -0.0800. The van der Waals surface area contributed by atoms with Crippen LogP contribution in [0.25, 0.3) is 0 Å². The van der Waals surface area contributed by atoms with Crippen LogP contribution in [0.3, 0.4) is 0 Å². The fraction of sp³-hybridized carbons (Fsp3) is 1.00. The Kier molecular flexibility index (Phi) is 3.57. The Morgan fingerprint density at radius 2 is 1.53 bits per heavy atom. The molecule has 2 heteroatoms. The van der Waals surface area contributed by atoms with E-state index in [1.165, 1.54) is 25.9 Å². The lowest BCUT2D eigenvalue weighted by Gasteiger charge is -2.57. The number of hydrogen-bond acceptors (Lipinski definition) is 2. The number of rotatable bonds is 2. The number of nitrogens with zero attached hydrogens (tertiary/aromatic N) is 2. The molecule has 0 aromatic heterocycles. The van der Waals surface area contributed by atoms with Crippen molar-refractivity contribution >= 4 is 0 Å². The van der Waals surface area contributed by atoms with E-state index in [0.29, 0.717) is 5.54 Å². The van der Waals surface area contributed by atoms with Crippen LogP contribution in [-0.2, 0) is 0 Å². The minimum Gasteiger partial charge on any atom is -0.295 e. The van der Waals surface area contributed by atoms with E-state index in [4.69, 9.17) is 0 Å². The Bertz CT molecular complexity index is 267. The van der Waals surface area contributed by atoms with Gasteiger partial charge in [0, 0.05) is 36.8 Å². The lowest BCUT2D eigenvalue weighted by atomic mass is 9.84. The van der Waals surface area contributed by atoms with Gasteiger partial charge in [0.25, 0.3) is 0 Å². The lowest BCUT2D eigenvalue weighted by Crippen LogP contribution is -2.68. The highest BCUT2D eigenvalue weighted by molar-refractivity contribution is 5.00. The molecule has 0 N–H and O–H groups in total. The van der Waals surface area contributed by atoms with Gasteiger partial charge < -0.3 is 0 Å². The maximum atomic E-state index is 2.78. The molecule has 0 aliphatic carbocycles. The zero-order valence-corrected chi connectivity index (χ0v) is 12.5. The van der Waals surface area contributed by atoms with Crippen LogP contribution in [0.4, 0.5) is 0 Å². The predicted octanol–water partition coefficient (Wildman–Crippen LogP) is 2.98. The molecule has 3 aliphatic heterocycles. The maximum absolute atomic E-state index is 2.78. The molecule has 3 saturated heterocycles. The smallest absolute Gasteiger partial charge is 0.0229 e. The molecule has 3 unspecified atom stereocenters. The van der Waals surface area contributed by atoms with Crippen LogP contribution >= 0.6 is 0 Å². The van der Waals surface area contributed by atoms with E-state index < -0.39 is 0 Å². The van der Waals surface area contributed by atoms with E-state index in [9.17, 15) is 0 Å². The summed E-state index contributed by atoms with van der Waals surface area (Å²) in [6.45, 7) is 16.8. The molecule has 0 spiro atoms. The third-order valence-electron chi connectivity index (χ3n) is 4.92. The van der Waals surface area contributed by atoms with Crippen LogP contribution in [0.15, 0.2) is 0 Å². The summed E-state index contributed by atoms with van der Waals surface area (Å²) in [5, 5.41) is 0. The molecule has 3 rings (SSSR count). The van der Waals surface area contributed by atoms with E-state index in [0.717, 1.165) is 24.0 Å². The molecular weight excluding hydrogens is 208 g/mol. The third kappa shape index (κ3) is 2.53. The van der Waals surface area contributed by atoms with Crippen molar-refractivity contribution in [3.63, 3.8) is 0 Å². The van der Waals surface area contributed by atoms with Crippen molar-refractivity contribution < 1.29 is 0 Å². The molecular formula is C15H30N2. The maximum Gasteiger partial charge on any atom is 0.0229 e. The molecule has 100 valence electrons. The number of piperazine rings is 1. The fourth-order valence-electron chi connectivity index (χ4n) is 3.56. The Labute approximate surface area is 107 Å². The molecule has 3 fully saturated rings. The summed E-state index contributed by atoms with van der Waals surface area (Å²) in [7, 11) is 0. The Balaban J connectivity index is 2.07. The lowest BCUT2D eigenvalue weighted by molar-refractivity contribution is -0.0828. The Morgan fingerprint density at radius 1 is 0.941 bits per heavy atom. The van der Waals surface area contributed by atoms with E-state index in [-0.39, 0.29) is 0 Å². The molecule has 2 bridgehead atoms. The SMILES string of the molecule is CC(C)C(C)N1CC2CCC1CN2C(C)(C)C. The van der Waals surface area contributed by atoms with Gasteiger partial charge in [0.15, 0.2) is 0 Å². The second-order valence-electron chi connectivity index (χ2n) is 7.39. The highest BCUT2D eigenvalue weighted by Gasteiger charge is 2.44. The molecule has 2 nitrogen and oxygen atoms in total. The van der Waals surface area contributed by atoms with Crippen molar-refractivity contribution in [2.45, 2.75) is 78.0 Å². The van der Waals surface area contributed by atoms with Gasteiger partial charge in [-0.1, -0.05) is 13.8 Å². The van der Waals surface area contributed by atoms with Gasteiger partial charge in [-0.3, -0.25) is 9.80 Å². The molecule has 0 radical (unpaired) electrons. The van der Waals surface area contributed by atoms with Gasteiger partial charge in [-0.15, -0.1) is 0 Å². The van der Waals surface area contributed by atoms with Crippen LogP contribution in [-0.4, -0.2) is 46.6 Å². The molecule has 0 amide bonds. The molecule has 3 heterocycles. The van der Waals surface area contributed by atoms with Gasteiger partial charge in [-0.25, -0.2) is 0 Å². The van der Waals surface area contributed by atoms with Gasteiger partial charge in [0.1, 0.15) is 0 Å². The highest BCUT2D eigenvalue weighted by atomic mass is 15.4. The van der Waals surface area contributed by atoms with Crippen molar-refractivity contribution in [1.82, 2.24) is 9.80 Å². The highest BCUT2D eigenvalue weighted by Crippen LogP contribution is 2.35. The second-order valence-corrected chi connectivity index (χ2v) is 7.39. The first-order valence-corrected chi connectivity index (χ1v) is 7.33. The third-order valence-corrected chi connectivity index (χ3v) is 4.92. The summed E-state index contributed by atoms with van der Waals surface area (Å²) in [6.07, 6.45) is 2.82. The summed E-state index contributed by atoms with van der Waals surface area (Å²) >= 11 is 0. The topological polar surface area (TPSA) is 6.48 Å². The van der Waals surface area contributed by atoms with Crippen molar-refractivity contribution in [2.75, 3.05) is 13.1 Å². The molecule has 0 aromatic carbocycles. The van der Waals surface area contributed by atoms with Gasteiger partial charge in [-0.05, 0) is 46.5 Å². The first-order chi connectivity index (χ1) is 7.80. The zero-order valence-electron chi connectivity index (χ0n) is 12.5. The molecule has 17 heavy (non-hydrogen) atoms. The van der Waals surface area contributed by atoms with E-state index >= 15 is 0 Å². The standard InChI is InChI=1S/C15H30N2/c1-11(2)12(3)16-9-14-8-7-13(16)10-17(14)15(4,5)6/h11-14H,7-10H2,1-6H3. The van der Waals surface area contributed by atoms with Crippen molar-refractivity contribution in [2.24, 2.45) is 5.92 Å². The summed E-state index contributed by atoms with van der Waals surface area (Å²) in [4.78, 5) is 5.52. The van der Waals surface area contributed by atoms with Gasteiger partial charge in [-0.2, -0.15) is 0 Å². The molecule has 0 saturated carbocycles. The number of piperidine rings is 2. The summed E-state index contributed by atoms with van der Waals surface area (Å²) in [5.74, 6) is 0.775. The average molecular weight is 238 g/mol. The summed E-state index contributed by atoms with van der Waals surface area (Å²) in [6, 6.07) is 2.34. The summed E-state index contributed by atoms with van der Waals surface area (Å²) in [5.41, 5.74) is 0.344. The minimum atomic E-state index is 0.344. The van der Waals surface area contributed by atoms with E-state index in [1.807, 2.05) is 0 Å². The molecule has 3 aliphatic rings. The first kappa shape index (κ1) is 13.4. The normalized spacial score (nSPS) is 33.4. The average Bonchev–Trinajstić information content (AvgIpc) is 2.27. The second kappa shape index (κ2) is 4.55. The van der Waals surface area contributed by atoms with Gasteiger partial charge in [0.05, 0.1) is 0 Å². The first-order valence-electron chi connectivity index (χ1n) is 7.33. The number of fused-ring (bicyclic) bond motifs is 3. The molecule has 3 atom stereocenters. The number of hydrogen-bond donors (Lipinski definition) is 0. The van der Waals surface area contributed by atoms with E-state index in [2.05, 4.69) is 51.3 Å². The minimum absolute atomic E-state index is 0.344. The van der Waals surface area contributed by atoms with Crippen molar-refractivity contribution in [1.29, 1.82) is 0 Å². The van der Waals surface area contributed by atoms with Crippen molar-refractivity contribution in [3.05, 3.63) is 0 Å². The van der Waals surface area contributed by atoms with Crippen LogP contribution in [0.5, 0.6) is 0 Å². The zero-order chi connectivity index (χ0) is 12.8. The van der Waals surface area contributed by atoms with Gasteiger partial charge >= 0.3 is 0 Å². The summed E-state index contributed by atoms with van der Waals surface area (Å²) < 4.78 is 0. The van der Waals surface area contributed by atoms with E-state index in [1.54, 1.807) is 0 Å². The van der Waals surface area contributed by atoms with Gasteiger partial charge in [0.2, 0.25) is 0 Å². The van der Waals surface area contributed by atoms with Crippen LogP contribution in [0.1, 0.15) is 54.4 Å².